The molecule has 0 unspecified atom stereocenters. The van der Waals surface area contributed by atoms with Crippen LogP contribution in [-0.4, -0.2) is 45.8 Å². The highest BCUT2D eigenvalue weighted by molar-refractivity contribution is 8.00. The van der Waals surface area contributed by atoms with Crippen molar-refractivity contribution in [1.29, 1.82) is 10.7 Å². The summed E-state index contributed by atoms with van der Waals surface area (Å²) in [4.78, 5) is 12.6. The van der Waals surface area contributed by atoms with Crippen molar-refractivity contribution in [3.8, 4) is 23.3 Å². The van der Waals surface area contributed by atoms with E-state index in [9.17, 15) is 0 Å². The van der Waals surface area contributed by atoms with E-state index < -0.39 is 0 Å². The van der Waals surface area contributed by atoms with Gasteiger partial charge < -0.3 is 25.5 Å². The van der Waals surface area contributed by atoms with Crippen molar-refractivity contribution in [1.82, 2.24) is 14.9 Å². The Balaban J connectivity index is 1.48. The van der Waals surface area contributed by atoms with E-state index in [1.165, 1.54) is 11.9 Å². The Hall–Kier alpha value is -3.61. The Morgan fingerprint density at radius 3 is 2.39 bits per heavy atom. The summed E-state index contributed by atoms with van der Waals surface area (Å²) in [5.41, 5.74) is 9.38. The number of piperidine rings is 1. The molecule has 186 valence electrons. The average Bonchev–Trinajstić information content (AvgIpc) is 2.88. The zero-order chi connectivity index (χ0) is 25.7. The number of hydrogen-bond acceptors (Lipinski definition) is 9. The van der Waals surface area contributed by atoms with Gasteiger partial charge in [-0.25, -0.2) is 4.98 Å². The van der Waals surface area contributed by atoms with Crippen molar-refractivity contribution in [3.05, 3.63) is 59.7 Å². The smallest absolute Gasteiger partial charge is 0.228 e. The molecule has 2 aromatic carbocycles. The highest BCUT2D eigenvalue weighted by Gasteiger charge is 2.25. The van der Waals surface area contributed by atoms with Crippen LogP contribution in [0.1, 0.15) is 44.7 Å². The van der Waals surface area contributed by atoms with Gasteiger partial charge in [0, 0.05) is 41.0 Å². The third-order valence-corrected chi connectivity index (χ3v) is 7.02. The number of aromatic nitrogens is 2. The highest BCUT2D eigenvalue weighted by atomic mass is 32.2. The van der Waals surface area contributed by atoms with Crippen LogP contribution in [0.5, 0.6) is 5.88 Å². The Labute approximate surface area is 216 Å². The number of nitrogens with one attached hydrogen (secondary N) is 2. The van der Waals surface area contributed by atoms with Gasteiger partial charge in [-0.1, -0.05) is 0 Å². The minimum absolute atomic E-state index is 0.0334. The Morgan fingerprint density at radius 1 is 1.14 bits per heavy atom. The monoisotopic (exact) mass is 501 g/mol. The van der Waals surface area contributed by atoms with Gasteiger partial charge in [0.05, 0.1) is 17.2 Å². The average molecular weight is 502 g/mol. The second-order valence-corrected chi connectivity index (χ2v) is 9.98. The lowest BCUT2D eigenvalue weighted by atomic mass is 10.1. The van der Waals surface area contributed by atoms with Crippen LogP contribution in [0.4, 0.5) is 11.5 Å². The second-order valence-electron chi connectivity index (χ2n) is 9.10. The summed E-state index contributed by atoms with van der Waals surface area (Å²) in [7, 11) is 0. The van der Waals surface area contributed by atoms with E-state index in [0.29, 0.717) is 28.9 Å². The van der Waals surface area contributed by atoms with Gasteiger partial charge in [0.1, 0.15) is 11.9 Å². The SMILES string of the molecule is CC(=N)c1c(N)nc(-c2ccc(NSc3ccc(C#N)cc3)cc2)nc1OC1CCN(C(C)C)CC1. The first kappa shape index (κ1) is 25.5. The van der Waals surface area contributed by atoms with Crippen LogP contribution < -0.4 is 15.2 Å². The van der Waals surface area contributed by atoms with Crippen LogP contribution in [-0.2, 0) is 0 Å². The maximum Gasteiger partial charge on any atom is 0.228 e. The number of rotatable bonds is 8. The number of nitrogen functional groups attached to an aromatic ring is 1. The molecule has 4 N–H and O–H groups in total. The number of anilines is 2. The first-order chi connectivity index (χ1) is 17.3. The first-order valence-corrected chi connectivity index (χ1v) is 12.8. The first-order valence-electron chi connectivity index (χ1n) is 12.0. The van der Waals surface area contributed by atoms with Gasteiger partial charge in [-0.2, -0.15) is 10.2 Å². The number of nitriles is 1. The van der Waals surface area contributed by atoms with E-state index in [-0.39, 0.29) is 17.6 Å². The van der Waals surface area contributed by atoms with Gasteiger partial charge in [0.15, 0.2) is 5.82 Å². The summed E-state index contributed by atoms with van der Waals surface area (Å²) in [6.45, 7) is 8.05. The number of hydrogen-bond donors (Lipinski definition) is 3. The normalized spacial score (nSPS) is 14.4. The van der Waals surface area contributed by atoms with Crippen LogP contribution in [0.3, 0.4) is 0 Å². The molecule has 36 heavy (non-hydrogen) atoms. The lowest BCUT2D eigenvalue weighted by Crippen LogP contribution is -2.42. The third kappa shape index (κ3) is 6.14. The fourth-order valence-electron chi connectivity index (χ4n) is 4.09. The van der Waals surface area contributed by atoms with Crippen LogP contribution in [0, 0.1) is 16.7 Å². The standard InChI is InChI=1S/C27H31N7OS/c1-17(2)34-14-12-22(13-15-34)35-27-24(18(3)29)25(30)31-26(32-27)20-6-8-21(9-7-20)33-36-23-10-4-19(16-28)5-11-23/h4-11,17,22,29,33H,12-15H2,1-3H3,(H2,30,31,32). The Bertz CT molecular complexity index is 1240. The summed E-state index contributed by atoms with van der Waals surface area (Å²) in [5.74, 6) is 1.10. The summed E-state index contributed by atoms with van der Waals surface area (Å²) in [6, 6.07) is 17.8. The van der Waals surface area contributed by atoms with Crippen LogP contribution in [0.25, 0.3) is 11.4 Å². The molecule has 0 saturated carbocycles. The molecule has 4 rings (SSSR count). The zero-order valence-corrected chi connectivity index (χ0v) is 21.6. The molecule has 1 fully saturated rings. The minimum atomic E-state index is 0.0334. The molecule has 0 amide bonds. The highest BCUT2D eigenvalue weighted by Crippen LogP contribution is 2.30. The molecule has 9 heteroatoms. The Morgan fingerprint density at radius 2 is 1.81 bits per heavy atom. The van der Waals surface area contributed by atoms with Crippen molar-refractivity contribution in [3.63, 3.8) is 0 Å². The molecular weight excluding hydrogens is 470 g/mol. The topological polar surface area (TPSA) is 124 Å². The summed E-state index contributed by atoms with van der Waals surface area (Å²) >= 11 is 1.47. The molecule has 0 spiro atoms. The van der Waals surface area contributed by atoms with Gasteiger partial charge in [-0.3, -0.25) is 0 Å². The van der Waals surface area contributed by atoms with E-state index in [4.69, 9.17) is 26.1 Å². The number of nitrogens with zero attached hydrogens (tertiary/aromatic N) is 4. The fraction of sp³-hybridized carbons (Fsp3) is 0.333. The van der Waals surface area contributed by atoms with E-state index in [0.717, 1.165) is 42.1 Å². The predicted molar refractivity (Wildman–Crippen MR) is 145 cm³/mol. The number of benzene rings is 2. The van der Waals surface area contributed by atoms with E-state index in [1.807, 2.05) is 36.4 Å². The summed E-state index contributed by atoms with van der Waals surface area (Å²) in [5, 5.41) is 17.1. The van der Waals surface area contributed by atoms with Gasteiger partial charge in [-0.15, -0.1) is 0 Å². The van der Waals surface area contributed by atoms with Crippen molar-refractivity contribution in [2.24, 2.45) is 0 Å². The zero-order valence-electron chi connectivity index (χ0n) is 20.8. The van der Waals surface area contributed by atoms with E-state index >= 15 is 0 Å². The van der Waals surface area contributed by atoms with Gasteiger partial charge >= 0.3 is 0 Å². The quantitative estimate of drug-likeness (QED) is 0.278. The van der Waals surface area contributed by atoms with Crippen molar-refractivity contribution in [2.45, 2.75) is 50.7 Å². The second kappa shape index (κ2) is 11.4. The number of ether oxygens (including phenoxy) is 1. The minimum Gasteiger partial charge on any atom is -0.474 e. The molecule has 8 nitrogen and oxygen atoms in total. The molecular formula is C27H31N7OS. The Kier molecular flexibility index (Phi) is 8.08. The van der Waals surface area contributed by atoms with Gasteiger partial charge in [0.25, 0.3) is 0 Å². The fourth-order valence-corrected chi connectivity index (χ4v) is 4.74. The molecule has 0 bridgehead atoms. The third-order valence-electron chi connectivity index (χ3n) is 6.18. The predicted octanol–water partition coefficient (Wildman–Crippen LogP) is 5.36. The molecule has 1 saturated heterocycles. The maximum absolute atomic E-state index is 8.93. The summed E-state index contributed by atoms with van der Waals surface area (Å²) < 4.78 is 9.61. The number of likely N-dealkylation sites (tertiary alicyclic amines) is 1. The molecule has 1 aliphatic rings. The van der Waals surface area contributed by atoms with E-state index in [1.54, 1.807) is 19.1 Å². The van der Waals surface area contributed by atoms with Crippen molar-refractivity contribution >= 4 is 29.2 Å². The lowest BCUT2D eigenvalue weighted by Gasteiger charge is -2.34. The molecule has 1 aromatic heterocycles. The van der Waals surface area contributed by atoms with Gasteiger partial charge in [-0.05, 0) is 94.1 Å². The van der Waals surface area contributed by atoms with Gasteiger partial charge in [0.2, 0.25) is 5.88 Å². The molecule has 0 atom stereocenters. The van der Waals surface area contributed by atoms with Crippen LogP contribution in [0.2, 0.25) is 0 Å². The van der Waals surface area contributed by atoms with Crippen molar-refractivity contribution < 1.29 is 4.74 Å². The molecule has 1 aliphatic heterocycles. The maximum atomic E-state index is 8.93. The molecule has 0 aliphatic carbocycles. The van der Waals surface area contributed by atoms with E-state index in [2.05, 4.69) is 34.5 Å². The lowest BCUT2D eigenvalue weighted by molar-refractivity contribution is 0.0812. The molecule has 2 heterocycles. The van der Waals surface area contributed by atoms with Crippen molar-refractivity contribution in [2.75, 3.05) is 23.5 Å². The molecule has 0 radical (unpaired) electrons. The number of nitrogens with two attached hydrogens (primary N) is 1. The molecule has 3 aromatic rings. The largest absolute Gasteiger partial charge is 0.474 e. The summed E-state index contributed by atoms with van der Waals surface area (Å²) in [6.07, 6.45) is 1.85. The van der Waals surface area contributed by atoms with Crippen LogP contribution in [0.15, 0.2) is 53.4 Å². The van der Waals surface area contributed by atoms with Crippen LogP contribution >= 0.6 is 11.9 Å².